The van der Waals surface area contributed by atoms with Crippen LogP contribution in [0, 0.1) is 5.92 Å². The number of carbonyl (C=O) groups excluding carboxylic acids is 2. The van der Waals surface area contributed by atoms with Gasteiger partial charge in [0.1, 0.15) is 0 Å². The van der Waals surface area contributed by atoms with Crippen molar-refractivity contribution in [3.8, 4) is 0 Å². The maximum atomic E-state index is 13.0. The number of hydrogen-bond acceptors (Lipinski definition) is 5. The Morgan fingerprint density at radius 2 is 1.88 bits per heavy atom. The number of nitrogens with zero attached hydrogens (tertiary/aromatic N) is 4. The molecule has 0 bridgehead atoms. The van der Waals surface area contributed by atoms with Crippen LogP contribution in [-0.2, 0) is 9.59 Å². The highest BCUT2D eigenvalue weighted by molar-refractivity contribution is 5.85. The topological polar surface area (TPSA) is 92.4 Å². The van der Waals surface area contributed by atoms with Crippen molar-refractivity contribution >= 4 is 17.8 Å². The number of carbonyl (C=O) groups is 2. The highest BCUT2D eigenvalue weighted by atomic mass is 16.2. The van der Waals surface area contributed by atoms with Crippen molar-refractivity contribution in [3.05, 3.63) is 18.5 Å². The Morgan fingerprint density at radius 1 is 1.17 bits per heavy atom. The minimum atomic E-state index is -0.436. The highest BCUT2D eigenvalue weighted by Crippen LogP contribution is 2.27. The van der Waals surface area contributed by atoms with E-state index < -0.39 is 5.91 Å². The summed E-state index contributed by atoms with van der Waals surface area (Å²) in [4.78, 5) is 36.8. The van der Waals surface area contributed by atoms with Gasteiger partial charge in [-0.15, -0.1) is 0 Å². The number of anilines is 1. The van der Waals surface area contributed by atoms with Crippen molar-refractivity contribution in [3.63, 3.8) is 0 Å². The molecule has 3 rings (SSSR count). The smallest absolute Gasteiger partial charge is 0.237 e. The molecule has 1 aromatic heterocycles. The fraction of sp³-hybridized carbons (Fsp3) is 0.647. The summed E-state index contributed by atoms with van der Waals surface area (Å²) in [5.41, 5.74) is 5.38. The summed E-state index contributed by atoms with van der Waals surface area (Å²) in [7, 11) is 0. The molecule has 2 fully saturated rings. The first-order valence-electron chi connectivity index (χ1n) is 8.76. The molecular formula is C17H25N5O2. The third-order valence-electron chi connectivity index (χ3n) is 4.98. The van der Waals surface area contributed by atoms with Gasteiger partial charge in [-0.3, -0.25) is 9.59 Å². The molecule has 2 amide bonds. The molecule has 24 heavy (non-hydrogen) atoms. The van der Waals surface area contributed by atoms with E-state index in [0.29, 0.717) is 12.5 Å². The Balaban J connectivity index is 1.70. The molecule has 1 saturated carbocycles. The summed E-state index contributed by atoms with van der Waals surface area (Å²) in [6.45, 7) is 1.49. The molecular weight excluding hydrogens is 306 g/mol. The Labute approximate surface area is 142 Å². The van der Waals surface area contributed by atoms with E-state index in [-0.39, 0.29) is 24.4 Å². The molecule has 1 unspecified atom stereocenters. The van der Waals surface area contributed by atoms with Gasteiger partial charge in [0.05, 0.1) is 12.5 Å². The lowest BCUT2D eigenvalue weighted by Crippen LogP contribution is -2.50. The predicted molar refractivity (Wildman–Crippen MR) is 90.1 cm³/mol. The van der Waals surface area contributed by atoms with Crippen LogP contribution < -0.4 is 10.6 Å². The van der Waals surface area contributed by atoms with Gasteiger partial charge in [0.2, 0.25) is 17.8 Å². The summed E-state index contributed by atoms with van der Waals surface area (Å²) in [6.07, 6.45) is 9.35. The molecule has 1 atom stereocenters. The molecule has 7 heteroatoms. The van der Waals surface area contributed by atoms with Gasteiger partial charge < -0.3 is 15.5 Å². The first-order valence-corrected chi connectivity index (χ1v) is 8.76. The molecule has 0 spiro atoms. The van der Waals surface area contributed by atoms with Gasteiger partial charge in [-0.25, -0.2) is 9.97 Å². The van der Waals surface area contributed by atoms with Crippen molar-refractivity contribution in [1.29, 1.82) is 0 Å². The summed E-state index contributed by atoms with van der Waals surface area (Å²) >= 11 is 0. The number of aromatic nitrogens is 2. The first kappa shape index (κ1) is 16.7. The van der Waals surface area contributed by atoms with E-state index in [0.717, 1.165) is 45.1 Å². The number of hydrogen-bond donors (Lipinski definition) is 1. The number of piperidine rings is 1. The number of nitrogens with two attached hydrogens (primary N) is 1. The zero-order valence-electron chi connectivity index (χ0n) is 13.9. The van der Waals surface area contributed by atoms with Crippen LogP contribution in [0.5, 0.6) is 0 Å². The fourth-order valence-corrected chi connectivity index (χ4v) is 3.82. The van der Waals surface area contributed by atoms with E-state index >= 15 is 0 Å². The highest BCUT2D eigenvalue weighted by Gasteiger charge is 2.34. The van der Waals surface area contributed by atoms with E-state index in [4.69, 9.17) is 5.73 Å². The Bertz CT molecular complexity index is 574. The minimum Gasteiger partial charge on any atom is -0.368 e. The summed E-state index contributed by atoms with van der Waals surface area (Å²) in [5, 5.41) is 0. The third-order valence-corrected chi connectivity index (χ3v) is 4.98. The lowest BCUT2D eigenvalue weighted by Gasteiger charge is -2.36. The maximum Gasteiger partial charge on any atom is 0.237 e. The average molecular weight is 331 g/mol. The monoisotopic (exact) mass is 331 g/mol. The molecule has 130 valence electrons. The summed E-state index contributed by atoms with van der Waals surface area (Å²) < 4.78 is 0. The normalized spacial score (nSPS) is 21.7. The largest absolute Gasteiger partial charge is 0.368 e. The van der Waals surface area contributed by atoms with E-state index in [1.54, 1.807) is 23.4 Å². The SMILES string of the molecule is NC(=O)CN(C(=O)C1CCCN(c2ncccn2)C1)C1CCCC1. The lowest BCUT2D eigenvalue weighted by molar-refractivity contribution is -0.141. The van der Waals surface area contributed by atoms with Crippen LogP contribution in [0.1, 0.15) is 38.5 Å². The fourth-order valence-electron chi connectivity index (χ4n) is 3.82. The van der Waals surface area contributed by atoms with Gasteiger partial charge in [0.15, 0.2) is 0 Å². The molecule has 0 radical (unpaired) electrons. The zero-order chi connectivity index (χ0) is 16.9. The standard InChI is InChI=1S/C17H25N5O2/c18-15(23)12-22(14-6-1-2-7-14)16(24)13-5-3-10-21(11-13)17-19-8-4-9-20-17/h4,8-9,13-14H,1-3,5-7,10-12H2,(H2,18,23). The molecule has 1 saturated heterocycles. The van der Waals surface area contributed by atoms with Crippen LogP contribution in [0.15, 0.2) is 18.5 Å². The number of rotatable bonds is 5. The summed E-state index contributed by atoms with van der Waals surface area (Å²) in [5.74, 6) is 0.162. The van der Waals surface area contributed by atoms with E-state index in [1.165, 1.54) is 0 Å². The first-order chi connectivity index (χ1) is 11.6. The molecule has 7 nitrogen and oxygen atoms in total. The van der Waals surface area contributed by atoms with Crippen LogP contribution in [0.25, 0.3) is 0 Å². The molecule has 1 aliphatic heterocycles. The van der Waals surface area contributed by atoms with Crippen LogP contribution in [-0.4, -0.2) is 52.4 Å². The van der Waals surface area contributed by atoms with Gasteiger partial charge in [-0.1, -0.05) is 12.8 Å². The molecule has 0 aromatic carbocycles. The second-order valence-corrected chi connectivity index (χ2v) is 6.70. The molecule has 2 N–H and O–H groups in total. The van der Waals surface area contributed by atoms with E-state index in [9.17, 15) is 9.59 Å². The van der Waals surface area contributed by atoms with Crippen LogP contribution in [0.2, 0.25) is 0 Å². The van der Waals surface area contributed by atoms with Crippen LogP contribution >= 0.6 is 0 Å². The zero-order valence-corrected chi connectivity index (χ0v) is 13.9. The van der Waals surface area contributed by atoms with Crippen molar-refractivity contribution in [2.45, 2.75) is 44.6 Å². The van der Waals surface area contributed by atoms with Gasteiger partial charge in [-0.2, -0.15) is 0 Å². The predicted octanol–water partition coefficient (Wildman–Crippen LogP) is 0.949. The van der Waals surface area contributed by atoms with Gasteiger partial charge >= 0.3 is 0 Å². The van der Waals surface area contributed by atoms with Gasteiger partial charge in [-0.05, 0) is 31.7 Å². The van der Waals surface area contributed by atoms with Gasteiger partial charge in [0.25, 0.3) is 0 Å². The molecule has 1 aromatic rings. The second kappa shape index (κ2) is 7.59. The Hall–Kier alpha value is -2.18. The van der Waals surface area contributed by atoms with Crippen LogP contribution in [0.3, 0.4) is 0 Å². The summed E-state index contributed by atoms with van der Waals surface area (Å²) in [6, 6.07) is 1.94. The second-order valence-electron chi connectivity index (χ2n) is 6.70. The molecule has 1 aliphatic carbocycles. The van der Waals surface area contributed by atoms with Gasteiger partial charge in [0, 0.05) is 31.5 Å². The van der Waals surface area contributed by atoms with Crippen LogP contribution in [0.4, 0.5) is 5.95 Å². The quantitative estimate of drug-likeness (QED) is 0.867. The number of primary amides is 1. The van der Waals surface area contributed by atoms with E-state index in [1.807, 2.05) is 0 Å². The van der Waals surface area contributed by atoms with Crippen molar-refractivity contribution in [2.75, 3.05) is 24.5 Å². The molecule has 2 aliphatic rings. The minimum absolute atomic E-state index is 0.0296. The van der Waals surface area contributed by atoms with Crippen molar-refractivity contribution in [2.24, 2.45) is 11.7 Å². The van der Waals surface area contributed by atoms with E-state index in [2.05, 4.69) is 14.9 Å². The lowest BCUT2D eigenvalue weighted by atomic mass is 9.95. The maximum absolute atomic E-state index is 13.0. The average Bonchev–Trinajstić information content (AvgIpc) is 3.14. The van der Waals surface area contributed by atoms with Crippen molar-refractivity contribution < 1.29 is 9.59 Å². The number of amides is 2. The Kier molecular flexibility index (Phi) is 5.27. The Morgan fingerprint density at radius 3 is 2.54 bits per heavy atom. The van der Waals surface area contributed by atoms with Crippen molar-refractivity contribution in [1.82, 2.24) is 14.9 Å². The molecule has 2 heterocycles. The third kappa shape index (κ3) is 3.83.